The van der Waals surface area contributed by atoms with Crippen molar-refractivity contribution in [2.75, 3.05) is 0 Å². The third kappa shape index (κ3) is 3.99. The molecule has 1 aliphatic carbocycles. The minimum absolute atomic E-state index is 0.227. The van der Waals surface area contributed by atoms with E-state index < -0.39 is 5.60 Å². The molecular formula is C23H20N4O3S. The summed E-state index contributed by atoms with van der Waals surface area (Å²) in [7, 11) is 0. The molecule has 31 heavy (non-hydrogen) atoms. The average molecular weight is 433 g/mol. The maximum absolute atomic E-state index is 12.8. The van der Waals surface area contributed by atoms with Crippen molar-refractivity contribution in [2.45, 2.75) is 31.4 Å². The van der Waals surface area contributed by atoms with Gasteiger partial charge in [0.2, 0.25) is 5.88 Å². The van der Waals surface area contributed by atoms with Crippen molar-refractivity contribution >= 4 is 28.7 Å². The Balaban J connectivity index is 1.27. The predicted molar refractivity (Wildman–Crippen MR) is 117 cm³/mol. The van der Waals surface area contributed by atoms with E-state index in [2.05, 4.69) is 19.0 Å². The van der Waals surface area contributed by atoms with Crippen LogP contribution < -0.4 is 10.1 Å². The van der Waals surface area contributed by atoms with E-state index in [4.69, 9.17) is 4.74 Å². The van der Waals surface area contributed by atoms with Crippen LogP contribution in [0.5, 0.6) is 11.6 Å². The monoisotopic (exact) mass is 432 g/mol. The maximum Gasteiger partial charge on any atom is 0.257 e. The van der Waals surface area contributed by atoms with Crippen LogP contribution in [-0.2, 0) is 12.1 Å². The Bertz CT molecular complexity index is 1240. The van der Waals surface area contributed by atoms with E-state index in [1.807, 2.05) is 30.3 Å². The molecule has 0 saturated heterocycles. The number of nitrogens with one attached hydrogen (secondary N) is 1. The largest absolute Gasteiger partial charge is 0.438 e. The third-order valence-electron chi connectivity index (χ3n) is 5.58. The Morgan fingerprint density at radius 1 is 1.10 bits per heavy atom. The molecule has 0 aliphatic heterocycles. The molecule has 1 fully saturated rings. The van der Waals surface area contributed by atoms with Crippen LogP contribution in [0.15, 0.2) is 60.8 Å². The highest BCUT2D eigenvalue weighted by atomic mass is 32.1. The number of carbonyl (C=O) groups excluding carboxylic acids is 1. The van der Waals surface area contributed by atoms with Gasteiger partial charge in [-0.3, -0.25) is 4.79 Å². The molecule has 5 rings (SSSR count). The number of fused-ring (bicyclic) bond motifs is 1. The Morgan fingerprint density at radius 2 is 1.90 bits per heavy atom. The predicted octanol–water partition coefficient (Wildman–Crippen LogP) is 4.18. The molecule has 1 saturated carbocycles. The summed E-state index contributed by atoms with van der Waals surface area (Å²) >= 11 is 1.14. The number of aromatic nitrogens is 3. The molecule has 2 aromatic heterocycles. The zero-order chi connectivity index (χ0) is 21.3. The van der Waals surface area contributed by atoms with Crippen molar-refractivity contribution < 1.29 is 14.6 Å². The minimum atomic E-state index is -0.679. The number of pyridine rings is 1. The van der Waals surface area contributed by atoms with Crippen molar-refractivity contribution in [2.24, 2.45) is 0 Å². The lowest BCUT2D eigenvalue weighted by molar-refractivity contribution is -0.0388. The molecule has 0 atom stereocenters. The van der Waals surface area contributed by atoms with Gasteiger partial charge < -0.3 is 15.2 Å². The second kappa shape index (κ2) is 8.05. The summed E-state index contributed by atoms with van der Waals surface area (Å²) in [6, 6.07) is 16.5. The summed E-state index contributed by atoms with van der Waals surface area (Å²) in [6.07, 6.45) is 4.24. The molecule has 2 aromatic carbocycles. The van der Waals surface area contributed by atoms with Gasteiger partial charge in [0.15, 0.2) is 0 Å². The number of ether oxygens (including phenoxy) is 1. The minimum Gasteiger partial charge on any atom is -0.438 e. The van der Waals surface area contributed by atoms with Gasteiger partial charge in [0.05, 0.1) is 17.3 Å². The summed E-state index contributed by atoms with van der Waals surface area (Å²) in [5.41, 5.74) is 3.09. The number of amides is 1. The van der Waals surface area contributed by atoms with E-state index in [1.165, 1.54) is 0 Å². The van der Waals surface area contributed by atoms with Gasteiger partial charge in [-0.2, -0.15) is 8.75 Å². The van der Waals surface area contributed by atoms with Crippen LogP contribution in [0.3, 0.4) is 0 Å². The van der Waals surface area contributed by atoms with Gasteiger partial charge in [0.1, 0.15) is 22.3 Å². The fourth-order valence-corrected chi connectivity index (χ4v) is 4.11. The molecule has 4 aromatic rings. The zero-order valence-electron chi connectivity index (χ0n) is 16.6. The summed E-state index contributed by atoms with van der Waals surface area (Å²) in [5, 5.41) is 13.4. The first kappa shape index (κ1) is 19.6. The molecule has 1 aliphatic rings. The Hall–Kier alpha value is -3.36. The van der Waals surface area contributed by atoms with Crippen LogP contribution >= 0.6 is 11.7 Å². The van der Waals surface area contributed by atoms with Gasteiger partial charge in [-0.1, -0.05) is 24.3 Å². The van der Waals surface area contributed by atoms with Crippen molar-refractivity contribution in [1.29, 1.82) is 0 Å². The maximum atomic E-state index is 12.8. The first-order chi connectivity index (χ1) is 15.1. The average Bonchev–Trinajstić information content (AvgIpc) is 3.24. The molecule has 0 radical (unpaired) electrons. The quantitative estimate of drug-likeness (QED) is 0.474. The molecule has 8 heteroatoms. The van der Waals surface area contributed by atoms with E-state index >= 15 is 0 Å². The third-order valence-corrected chi connectivity index (χ3v) is 6.14. The summed E-state index contributed by atoms with van der Waals surface area (Å²) < 4.78 is 14.3. The fourth-order valence-electron chi connectivity index (χ4n) is 3.59. The van der Waals surface area contributed by atoms with Gasteiger partial charge in [-0.15, -0.1) is 0 Å². The lowest BCUT2D eigenvalue weighted by Gasteiger charge is -2.37. The van der Waals surface area contributed by atoms with Crippen LogP contribution in [0.25, 0.3) is 11.0 Å². The lowest BCUT2D eigenvalue weighted by atomic mass is 9.75. The number of benzene rings is 2. The molecule has 2 heterocycles. The van der Waals surface area contributed by atoms with Crippen molar-refractivity contribution in [1.82, 2.24) is 19.0 Å². The van der Waals surface area contributed by atoms with Crippen LogP contribution in [0, 0.1) is 0 Å². The highest BCUT2D eigenvalue weighted by molar-refractivity contribution is 7.00. The zero-order valence-corrected chi connectivity index (χ0v) is 17.4. The number of hydrogen-bond donors (Lipinski definition) is 2. The van der Waals surface area contributed by atoms with E-state index in [-0.39, 0.29) is 11.8 Å². The van der Waals surface area contributed by atoms with Crippen molar-refractivity contribution in [3.05, 3.63) is 77.5 Å². The number of nitrogens with zero attached hydrogens (tertiary/aromatic N) is 3. The SMILES string of the molecule is O=C(NCc1ccc(C2(O)CCC2)cc1)c1cccnc1Oc1ccc2nsnc2c1. The van der Waals surface area contributed by atoms with Gasteiger partial charge in [0, 0.05) is 18.8 Å². The van der Waals surface area contributed by atoms with Crippen molar-refractivity contribution in [3.8, 4) is 11.6 Å². The number of aliphatic hydroxyl groups is 1. The number of rotatable bonds is 6. The number of hydrogen-bond acceptors (Lipinski definition) is 7. The van der Waals surface area contributed by atoms with Gasteiger partial charge in [0.25, 0.3) is 5.91 Å². The second-order valence-electron chi connectivity index (χ2n) is 7.64. The standard InChI is InChI=1S/C23H20N4O3S/c28-21(25-14-15-4-6-16(7-5-15)23(29)10-2-11-23)18-3-1-12-24-22(18)30-17-8-9-19-20(13-17)27-31-26-19/h1,3-9,12-13,29H,2,10-11,14H2,(H,25,28). The second-order valence-corrected chi connectivity index (χ2v) is 8.17. The first-order valence-corrected chi connectivity index (χ1v) is 10.8. The smallest absolute Gasteiger partial charge is 0.257 e. The van der Waals surface area contributed by atoms with E-state index in [0.717, 1.165) is 53.2 Å². The normalized spacial score (nSPS) is 14.7. The topological polar surface area (TPSA) is 97.2 Å². The van der Waals surface area contributed by atoms with E-state index in [9.17, 15) is 9.90 Å². The molecule has 1 amide bonds. The Morgan fingerprint density at radius 3 is 2.68 bits per heavy atom. The van der Waals surface area contributed by atoms with Crippen LogP contribution in [-0.4, -0.2) is 24.7 Å². The van der Waals surface area contributed by atoms with E-state index in [0.29, 0.717) is 17.9 Å². The Labute approximate surface area is 183 Å². The highest BCUT2D eigenvalue weighted by Crippen LogP contribution is 2.40. The van der Waals surface area contributed by atoms with Gasteiger partial charge in [-0.05, 0) is 54.7 Å². The molecule has 2 N–H and O–H groups in total. The Kier molecular flexibility index (Phi) is 5.09. The summed E-state index contributed by atoms with van der Waals surface area (Å²) in [5.74, 6) is 0.490. The summed E-state index contributed by atoms with van der Waals surface area (Å²) in [4.78, 5) is 17.0. The molecular weight excluding hydrogens is 412 g/mol. The molecule has 0 spiro atoms. The highest BCUT2D eigenvalue weighted by Gasteiger charge is 2.35. The molecule has 156 valence electrons. The van der Waals surface area contributed by atoms with Gasteiger partial charge in [-0.25, -0.2) is 4.98 Å². The molecule has 7 nitrogen and oxygen atoms in total. The fraction of sp³-hybridized carbons (Fsp3) is 0.217. The van der Waals surface area contributed by atoms with E-state index in [1.54, 1.807) is 30.5 Å². The number of carbonyl (C=O) groups is 1. The first-order valence-electron chi connectivity index (χ1n) is 10.1. The molecule has 0 bridgehead atoms. The van der Waals surface area contributed by atoms with Gasteiger partial charge >= 0.3 is 0 Å². The van der Waals surface area contributed by atoms with Crippen molar-refractivity contribution in [3.63, 3.8) is 0 Å². The lowest BCUT2D eigenvalue weighted by Crippen LogP contribution is -2.33. The molecule has 0 unspecified atom stereocenters. The van der Waals surface area contributed by atoms with Crippen LogP contribution in [0.2, 0.25) is 0 Å². The summed E-state index contributed by atoms with van der Waals surface area (Å²) in [6.45, 7) is 0.363. The van der Waals surface area contributed by atoms with Crippen LogP contribution in [0.4, 0.5) is 0 Å². The van der Waals surface area contributed by atoms with Crippen LogP contribution in [0.1, 0.15) is 40.7 Å².